The molecule has 0 unspecified atom stereocenters. The molecule has 2 aromatic carbocycles. The number of nitrogens with one attached hydrogen (secondary N) is 1. The first-order valence-corrected chi connectivity index (χ1v) is 10.4. The minimum absolute atomic E-state index is 0.0394. The highest BCUT2D eigenvalue weighted by Gasteiger charge is 2.35. The van der Waals surface area contributed by atoms with Gasteiger partial charge in [-0.05, 0) is 43.0 Å². The predicted molar refractivity (Wildman–Crippen MR) is 108 cm³/mol. The van der Waals surface area contributed by atoms with Crippen LogP contribution in [0.25, 0.3) is 0 Å². The lowest BCUT2D eigenvalue weighted by atomic mass is 10.1. The van der Waals surface area contributed by atoms with Gasteiger partial charge in [-0.2, -0.15) is 0 Å². The third kappa shape index (κ3) is 4.96. The van der Waals surface area contributed by atoms with Crippen LogP contribution < -0.4 is 10.1 Å². The van der Waals surface area contributed by atoms with Gasteiger partial charge in [0.15, 0.2) is 6.61 Å². The molecule has 0 radical (unpaired) electrons. The largest absolute Gasteiger partial charge is 0.483 e. The van der Waals surface area contributed by atoms with Crippen LogP contribution in [0.4, 0.5) is 8.78 Å². The van der Waals surface area contributed by atoms with Crippen molar-refractivity contribution in [3.63, 3.8) is 0 Å². The lowest BCUT2D eigenvalue weighted by Gasteiger charge is -2.20. The maximum absolute atomic E-state index is 14.0. The maximum Gasteiger partial charge on any atom is 0.258 e. The van der Waals surface area contributed by atoms with Crippen molar-refractivity contribution in [1.82, 2.24) is 10.2 Å². The summed E-state index contributed by atoms with van der Waals surface area (Å²) in [4.78, 5) is 14.4. The van der Waals surface area contributed by atoms with Crippen LogP contribution in [0, 0.1) is 11.6 Å². The molecule has 2 aliphatic rings. The third-order valence-corrected chi connectivity index (χ3v) is 5.64. The third-order valence-electron chi connectivity index (χ3n) is 5.64. The van der Waals surface area contributed by atoms with Gasteiger partial charge in [-0.25, -0.2) is 8.78 Å². The number of halogens is 2. The molecule has 1 amide bonds. The number of benzene rings is 2. The van der Waals surface area contributed by atoms with Crippen molar-refractivity contribution in [2.24, 2.45) is 0 Å². The van der Waals surface area contributed by atoms with Crippen molar-refractivity contribution in [1.29, 1.82) is 0 Å². The predicted octanol–water partition coefficient (Wildman–Crippen LogP) is 3.07. The minimum atomic E-state index is -0.561. The fraction of sp³-hybridized carbons (Fsp3) is 0.435. The highest BCUT2D eigenvalue weighted by Crippen LogP contribution is 2.23. The second-order valence-electron chi connectivity index (χ2n) is 7.83. The summed E-state index contributed by atoms with van der Waals surface area (Å²) in [5.74, 6) is -0.627. The standard InChI is InChI=1S/C23H26F2N2O3/c24-18-8-5-9-19(25)17(18)12-27-13-20-22(14-27)29-11-4-3-7-16-6-1-2-10-21(16)30-15-23(28)26-20/h1-2,5-6,8-10,20,22H,3-4,7,11-15H2,(H,26,28)/t20-,22-/m0/s1. The summed E-state index contributed by atoms with van der Waals surface area (Å²) in [5, 5.41) is 2.97. The molecule has 2 atom stereocenters. The Bertz CT molecular complexity index is 872. The number of hydrogen-bond acceptors (Lipinski definition) is 4. The summed E-state index contributed by atoms with van der Waals surface area (Å²) in [5.41, 5.74) is 1.13. The van der Waals surface area contributed by atoms with Crippen molar-refractivity contribution in [3.05, 3.63) is 65.2 Å². The van der Waals surface area contributed by atoms with Crippen LogP contribution in [0.5, 0.6) is 5.75 Å². The van der Waals surface area contributed by atoms with E-state index >= 15 is 0 Å². The van der Waals surface area contributed by atoms with E-state index < -0.39 is 11.6 Å². The lowest BCUT2D eigenvalue weighted by Crippen LogP contribution is -2.45. The van der Waals surface area contributed by atoms with Crippen LogP contribution in [0.1, 0.15) is 24.0 Å². The Hall–Kier alpha value is -2.51. The van der Waals surface area contributed by atoms with Crippen molar-refractivity contribution in [2.75, 3.05) is 26.3 Å². The SMILES string of the molecule is O=C1COc2ccccc2CCCCO[C@H]2CN(Cc3c(F)cccc3F)C[C@@H]2N1. The molecule has 0 aromatic heterocycles. The number of aryl methyl sites for hydroxylation is 1. The number of fused-ring (bicyclic) bond motifs is 2. The zero-order valence-corrected chi connectivity index (χ0v) is 16.8. The van der Waals surface area contributed by atoms with Crippen molar-refractivity contribution in [2.45, 2.75) is 38.0 Å². The Morgan fingerprint density at radius 3 is 2.67 bits per heavy atom. The number of rotatable bonds is 2. The number of carbonyl (C=O) groups excluding carboxylic acids is 1. The van der Waals surface area contributed by atoms with E-state index in [2.05, 4.69) is 5.32 Å². The maximum atomic E-state index is 14.0. The van der Waals surface area contributed by atoms with Crippen molar-refractivity contribution < 1.29 is 23.0 Å². The number of hydrogen-bond donors (Lipinski definition) is 1. The Labute approximate surface area is 175 Å². The molecule has 2 aromatic rings. The zero-order valence-electron chi connectivity index (χ0n) is 16.8. The van der Waals surface area contributed by atoms with Gasteiger partial charge in [-0.3, -0.25) is 9.69 Å². The average Bonchev–Trinajstić information content (AvgIpc) is 3.10. The molecule has 0 spiro atoms. The first kappa shape index (κ1) is 20.8. The van der Waals surface area contributed by atoms with E-state index in [9.17, 15) is 13.6 Å². The molecule has 1 fully saturated rings. The van der Waals surface area contributed by atoms with Crippen LogP contribution >= 0.6 is 0 Å². The number of likely N-dealkylation sites (tertiary alicyclic amines) is 1. The highest BCUT2D eigenvalue weighted by molar-refractivity contribution is 5.78. The summed E-state index contributed by atoms with van der Waals surface area (Å²) < 4.78 is 39.9. The number of carbonyl (C=O) groups is 1. The van der Waals surface area contributed by atoms with Crippen LogP contribution in [-0.4, -0.2) is 49.3 Å². The molecule has 2 heterocycles. The molecular formula is C23H26F2N2O3. The van der Waals surface area contributed by atoms with Gasteiger partial charge in [-0.1, -0.05) is 24.3 Å². The molecular weight excluding hydrogens is 390 g/mol. The first-order chi connectivity index (χ1) is 14.6. The summed E-state index contributed by atoms with van der Waals surface area (Å²) in [6, 6.07) is 11.4. The van der Waals surface area contributed by atoms with Crippen LogP contribution in [0.15, 0.2) is 42.5 Å². The van der Waals surface area contributed by atoms with E-state index in [1.165, 1.54) is 18.2 Å². The van der Waals surface area contributed by atoms with E-state index in [1.54, 1.807) is 0 Å². The van der Waals surface area contributed by atoms with E-state index in [0.717, 1.165) is 30.6 Å². The Morgan fingerprint density at radius 1 is 1.03 bits per heavy atom. The zero-order chi connectivity index (χ0) is 20.9. The monoisotopic (exact) mass is 416 g/mol. The van der Waals surface area contributed by atoms with E-state index in [0.29, 0.717) is 19.7 Å². The van der Waals surface area contributed by atoms with Crippen molar-refractivity contribution in [3.8, 4) is 5.75 Å². The second kappa shape index (κ2) is 9.53. The van der Waals surface area contributed by atoms with Crippen LogP contribution in [0.3, 0.4) is 0 Å². The summed E-state index contributed by atoms with van der Waals surface area (Å²) >= 11 is 0. The van der Waals surface area contributed by atoms with E-state index in [4.69, 9.17) is 9.47 Å². The van der Waals surface area contributed by atoms with Gasteiger partial charge in [0.2, 0.25) is 0 Å². The Kier molecular flexibility index (Phi) is 6.59. The highest BCUT2D eigenvalue weighted by atomic mass is 19.1. The quantitative estimate of drug-likeness (QED) is 0.818. The minimum Gasteiger partial charge on any atom is -0.483 e. The van der Waals surface area contributed by atoms with Gasteiger partial charge in [-0.15, -0.1) is 0 Å². The van der Waals surface area contributed by atoms with Gasteiger partial charge < -0.3 is 14.8 Å². The molecule has 30 heavy (non-hydrogen) atoms. The summed E-state index contributed by atoms with van der Waals surface area (Å²) in [7, 11) is 0. The van der Waals surface area contributed by atoms with Gasteiger partial charge >= 0.3 is 0 Å². The van der Waals surface area contributed by atoms with Gasteiger partial charge in [0.25, 0.3) is 5.91 Å². The number of amides is 1. The lowest BCUT2D eigenvalue weighted by molar-refractivity contribution is -0.124. The molecule has 0 bridgehead atoms. The molecule has 1 saturated heterocycles. The molecule has 4 rings (SSSR count). The van der Waals surface area contributed by atoms with Gasteiger partial charge in [0.1, 0.15) is 17.4 Å². The molecule has 0 saturated carbocycles. The fourth-order valence-electron chi connectivity index (χ4n) is 4.09. The molecule has 2 aliphatic heterocycles. The fourth-order valence-corrected chi connectivity index (χ4v) is 4.09. The number of para-hydroxylation sites is 1. The molecule has 1 N–H and O–H groups in total. The summed E-state index contributed by atoms with van der Waals surface area (Å²) in [6.07, 6.45) is 2.46. The molecule has 5 nitrogen and oxygen atoms in total. The number of nitrogens with zero attached hydrogens (tertiary/aromatic N) is 1. The Balaban J connectivity index is 1.44. The van der Waals surface area contributed by atoms with Crippen LogP contribution in [-0.2, 0) is 22.5 Å². The Morgan fingerprint density at radius 2 is 1.83 bits per heavy atom. The normalized spacial score (nSPS) is 23.2. The molecule has 160 valence electrons. The topological polar surface area (TPSA) is 50.8 Å². The van der Waals surface area contributed by atoms with E-state index in [1.807, 2.05) is 29.2 Å². The number of ether oxygens (including phenoxy) is 2. The second-order valence-corrected chi connectivity index (χ2v) is 7.83. The average molecular weight is 416 g/mol. The smallest absolute Gasteiger partial charge is 0.258 e. The molecule has 7 heteroatoms. The first-order valence-electron chi connectivity index (χ1n) is 10.4. The van der Waals surface area contributed by atoms with Crippen LogP contribution in [0.2, 0.25) is 0 Å². The van der Waals surface area contributed by atoms with Crippen molar-refractivity contribution >= 4 is 5.91 Å². The van der Waals surface area contributed by atoms with Gasteiger partial charge in [0.05, 0.1) is 12.1 Å². The van der Waals surface area contributed by atoms with E-state index in [-0.39, 0.29) is 36.8 Å². The molecule has 0 aliphatic carbocycles. The van der Waals surface area contributed by atoms with Gasteiger partial charge in [0, 0.05) is 31.8 Å². The summed E-state index contributed by atoms with van der Waals surface area (Å²) in [6.45, 7) is 1.58.